The Kier molecular flexibility index (Phi) is 4.33. The molecule has 1 atom stereocenters. The van der Waals surface area contributed by atoms with Crippen molar-refractivity contribution in [3.8, 4) is 0 Å². The molecule has 1 aliphatic rings. The van der Waals surface area contributed by atoms with Crippen LogP contribution in [0.1, 0.15) is 42.5 Å². The van der Waals surface area contributed by atoms with Gasteiger partial charge in [0.05, 0.1) is 6.04 Å². The van der Waals surface area contributed by atoms with Gasteiger partial charge in [0.25, 0.3) is 0 Å². The van der Waals surface area contributed by atoms with E-state index >= 15 is 0 Å². The third kappa shape index (κ3) is 2.94. The number of hydrogen-bond acceptors (Lipinski definition) is 2. The summed E-state index contributed by atoms with van der Waals surface area (Å²) < 4.78 is 0. The normalized spacial score (nSPS) is 17.0. The van der Waals surface area contributed by atoms with E-state index in [1.165, 1.54) is 16.7 Å². The van der Waals surface area contributed by atoms with Gasteiger partial charge in [0.15, 0.2) is 0 Å². The predicted molar refractivity (Wildman–Crippen MR) is 96.0 cm³/mol. The quantitative estimate of drug-likeness (QED) is 0.604. The molecule has 0 fully saturated rings. The van der Waals surface area contributed by atoms with Gasteiger partial charge in [-0.1, -0.05) is 56.8 Å². The first-order valence-electron chi connectivity index (χ1n) is 8.20. The maximum atomic E-state index is 11.4. The van der Waals surface area contributed by atoms with Crippen LogP contribution >= 0.6 is 0 Å². The molecule has 1 unspecified atom stereocenters. The molecule has 2 heteroatoms. The molecule has 1 heterocycles. The minimum atomic E-state index is -0.0673. The van der Waals surface area contributed by atoms with Crippen molar-refractivity contribution in [2.45, 2.75) is 32.2 Å². The summed E-state index contributed by atoms with van der Waals surface area (Å²) in [4.78, 5) is 13.7. The van der Waals surface area contributed by atoms with E-state index in [1.54, 1.807) is 0 Å². The molecule has 0 N–H and O–H groups in total. The van der Waals surface area contributed by atoms with Crippen molar-refractivity contribution in [1.82, 2.24) is 0 Å². The molecule has 0 amide bonds. The molecule has 0 saturated carbocycles. The monoisotopic (exact) mass is 305 g/mol. The lowest BCUT2D eigenvalue weighted by Gasteiger charge is -2.39. The van der Waals surface area contributed by atoms with Gasteiger partial charge in [-0.3, -0.25) is 4.79 Å². The highest BCUT2D eigenvalue weighted by atomic mass is 16.1. The van der Waals surface area contributed by atoms with Crippen LogP contribution in [0.5, 0.6) is 0 Å². The molecule has 2 nitrogen and oxygen atoms in total. The summed E-state index contributed by atoms with van der Waals surface area (Å²) in [6.45, 7) is 9.30. The van der Waals surface area contributed by atoms with Crippen molar-refractivity contribution in [1.29, 1.82) is 0 Å². The number of aldehydes is 1. The van der Waals surface area contributed by atoms with Gasteiger partial charge in [0.1, 0.15) is 6.29 Å². The largest absolute Gasteiger partial charge is 0.360 e. The highest BCUT2D eigenvalue weighted by Gasteiger charge is 2.29. The van der Waals surface area contributed by atoms with E-state index in [0.29, 0.717) is 11.5 Å². The van der Waals surface area contributed by atoms with Gasteiger partial charge in [-0.15, -0.1) is 0 Å². The van der Waals surface area contributed by atoms with Crippen LogP contribution in [0.15, 0.2) is 60.7 Å². The average molecular weight is 305 g/mol. The van der Waals surface area contributed by atoms with Gasteiger partial charge in [-0.05, 0) is 41.2 Å². The van der Waals surface area contributed by atoms with E-state index in [0.717, 1.165) is 24.9 Å². The van der Waals surface area contributed by atoms with Crippen molar-refractivity contribution in [2.24, 2.45) is 0 Å². The molecule has 0 spiro atoms. The molecule has 2 aromatic rings. The molecular weight excluding hydrogens is 282 g/mol. The zero-order valence-electron chi connectivity index (χ0n) is 13.8. The Morgan fingerprint density at radius 3 is 2.52 bits per heavy atom. The van der Waals surface area contributed by atoms with Gasteiger partial charge >= 0.3 is 0 Å². The van der Waals surface area contributed by atoms with Crippen LogP contribution in [-0.4, -0.2) is 12.8 Å². The molecule has 0 bridgehead atoms. The minimum absolute atomic E-state index is 0.0673. The highest BCUT2D eigenvalue weighted by molar-refractivity contribution is 5.77. The second-order valence-electron chi connectivity index (χ2n) is 6.48. The lowest BCUT2D eigenvalue weighted by Crippen LogP contribution is -2.36. The second kappa shape index (κ2) is 6.41. The fourth-order valence-corrected chi connectivity index (χ4v) is 3.36. The maximum Gasteiger partial charge on any atom is 0.147 e. The van der Waals surface area contributed by atoms with Crippen LogP contribution < -0.4 is 4.90 Å². The number of hydrogen-bond donors (Lipinski definition) is 0. The second-order valence-corrected chi connectivity index (χ2v) is 6.48. The fourth-order valence-electron chi connectivity index (χ4n) is 3.36. The number of rotatable bonds is 4. The summed E-state index contributed by atoms with van der Waals surface area (Å²) in [5, 5.41) is 0. The van der Waals surface area contributed by atoms with Crippen molar-refractivity contribution >= 4 is 12.0 Å². The van der Waals surface area contributed by atoms with Crippen molar-refractivity contribution in [3.05, 3.63) is 77.4 Å². The first kappa shape index (κ1) is 15.5. The Balaban J connectivity index is 2.01. The molecule has 3 rings (SSSR count). The van der Waals surface area contributed by atoms with E-state index in [4.69, 9.17) is 0 Å². The predicted octanol–water partition coefficient (Wildman–Crippen LogP) is 4.67. The maximum absolute atomic E-state index is 11.4. The number of carbonyl (C=O) groups excluding carboxylic acids is 1. The lowest BCUT2D eigenvalue weighted by molar-refractivity contribution is -0.105. The molecule has 0 aromatic heterocycles. The van der Waals surface area contributed by atoms with Gasteiger partial charge in [-0.25, -0.2) is 0 Å². The Morgan fingerprint density at radius 1 is 1.17 bits per heavy atom. The van der Waals surface area contributed by atoms with Gasteiger partial charge in [0.2, 0.25) is 0 Å². The van der Waals surface area contributed by atoms with Crippen LogP contribution in [0.25, 0.3) is 0 Å². The van der Waals surface area contributed by atoms with Crippen LogP contribution in [0.2, 0.25) is 0 Å². The summed E-state index contributed by atoms with van der Waals surface area (Å²) in [5.41, 5.74) is 5.61. The number of fused-ring (bicyclic) bond motifs is 1. The Morgan fingerprint density at radius 2 is 1.87 bits per heavy atom. The smallest absolute Gasteiger partial charge is 0.147 e. The van der Waals surface area contributed by atoms with Crippen LogP contribution in [-0.2, 0) is 11.2 Å². The van der Waals surface area contributed by atoms with E-state index in [2.05, 4.69) is 67.8 Å². The third-order valence-corrected chi connectivity index (χ3v) is 4.68. The van der Waals surface area contributed by atoms with Crippen LogP contribution in [0.3, 0.4) is 0 Å². The summed E-state index contributed by atoms with van der Waals surface area (Å²) in [6.07, 6.45) is 1.88. The van der Waals surface area contributed by atoms with Crippen molar-refractivity contribution < 1.29 is 4.79 Å². The minimum Gasteiger partial charge on any atom is -0.360 e. The van der Waals surface area contributed by atoms with Crippen LogP contribution in [0, 0.1) is 0 Å². The van der Waals surface area contributed by atoms with E-state index in [1.807, 2.05) is 6.07 Å². The van der Waals surface area contributed by atoms with Gasteiger partial charge in [0, 0.05) is 17.8 Å². The summed E-state index contributed by atoms with van der Waals surface area (Å²) in [6, 6.07) is 17.0. The first-order chi connectivity index (χ1) is 11.1. The van der Waals surface area contributed by atoms with Crippen molar-refractivity contribution in [3.63, 3.8) is 0 Å². The lowest BCUT2D eigenvalue weighted by atomic mass is 9.88. The Labute approximate surface area is 138 Å². The molecule has 1 aliphatic heterocycles. The van der Waals surface area contributed by atoms with Crippen LogP contribution in [0.4, 0.5) is 5.69 Å². The fraction of sp³-hybridized carbons (Fsp3) is 0.286. The zero-order valence-corrected chi connectivity index (χ0v) is 13.8. The molecule has 23 heavy (non-hydrogen) atoms. The molecule has 118 valence electrons. The average Bonchev–Trinajstić information content (AvgIpc) is 2.60. The number of carbonyl (C=O) groups is 1. The topological polar surface area (TPSA) is 20.3 Å². The van der Waals surface area contributed by atoms with E-state index < -0.39 is 0 Å². The summed E-state index contributed by atoms with van der Waals surface area (Å²) in [7, 11) is 0. The molecular formula is C21H23NO. The number of nitrogens with zero attached hydrogens (tertiary/aromatic N) is 1. The molecule has 0 radical (unpaired) electrons. The van der Waals surface area contributed by atoms with E-state index in [9.17, 15) is 4.79 Å². The Hall–Kier alpha value is -2.35. The van der Waals surface area contributed by atoms with Gasteiger partial charge < -0.3 is 4.90 Å². The molecule has 2 aromatic carbocycles. The third-order valence-electron chi connectivity index (χ3n) is 4.68. The SMILES string of the molecule is C=C(C=O)C1c2ccccc2CCN1c1ccc(C(C)C)cc1. The Bertz CT molecular complexity index is 715. The molecule has 0 saturated heterocycles. The molecule has 0 aliphatic carbocycles. The number of anilines is 1. The summed E-state index contributed by atoms with van der Waals surface area (Å²) >= 11 is 0. The van der Waals surface area contributed by atoms with Gasteiger partial charge in [-0.2, -0.15) is 0 Å². The first-order valence-corrected chi connectivity index (χ1v) is 8.20. The number of benzene rings is 2. The summed E-state index contributed by atoms with van der Waals surface area (Å²) in [5.74, 6) is 0.520. The van der Waals surface area contributed by atoms with Crippen molar-refractivity contribution in [2.75, 3.05) is 11.4 Å². The highest BCUT2D eigenvalue weighted by Crippen LogP contribution is 2.37. The van der Waals surface area contributed by atoms with E-state index in [-0.39, 0.29) is 6.04 Å². The standard InChI is InChI=1S/C21H23NO/c1-15(2)17-8-10-19(11-9-17)22-13-12-18-6-4-5-7-20(18)21(22)16(3)14-23/h4-11,14-15,21H,3,12-13H2,1-2H3. The zero-order chi connectivity index (χ0) is 16.4.